The van der Waals surface area contributed by atoms with Crippen LogP contribution in [0.25, 0.3) is 0 Å². The van der Waals surface area contributed by atoms with Crippen molar-refractivity contribution in [3.63, 3.8) is 0 Å². The molecular formula is C13H24O3. The molecule has 94 valence electrons. The van der Waals surface area contributed by atoms with Gasteiger partial charge in [0.1, 0.15) is 0 Å². The SMILES string of the molecule is C1CO1.C=C(CC(CC)CCCC)C(=O)O. The Morgan fingerprint density at radius 1 is 1.44 bits per heavy atom. The topological polar surface area (TPSA) is 49.8 Å². The molecule has 0 bridgehead atoms. The summed E-state index contributed by atoms with van der Waals surface area (Å²) < 4.78 is 4.50. The number of rotatable bonds is 7. The molecule has 3 nitrogen and oxygen atoms in total. The van der Waals surface area contributed by atoms with Gasteiger partial charge in [0, 0.05) is 5.57 Å². The molecule has 1 unspecified atom stereocenters. The first kappa shape index (κ1) is 15.2. The zero-order valence-corrected chi connectivity index (χ0v) is 10.5. The van der Waals surface area contributed by atoms with Crippen LogP contribution < -0.4 is 0 Å². The van der Waals surface area contributed by atoms with E-state index in [0.29, 0.717) is 17.9 Å². The van der Waals surface area contributed by atoms with E-state index in [1.165, 1.54) is 12.8 Å². The summed E-state index contributed by atoms with van der Waals surface area (Å²) >= 11 is 0. The number of epoxide rings is 1. The van der Waals surface area contributed by atoms with Crippen LogP contribution in [0.3, 0.4) is 0 Å². The summed E-state index contributed by atoms with van der Waals surface area (Å²) in [5.41, 5.74) is 0.350. The third-order valence-corrected chi connectivity index (χ3v) is 2.58. The molecule has 0 spiro atoms. The second kappa shape index (κ2) is 9.40. The minimum absolute atomic E-state index is 0.350. The van der Waals surface area contributed by atoms with E-state index in [1.807, 2.05) is 0 Å². The van der Waals surface area contributed by atoms with Crippen molar-refractivity contribution in [3.8, 4) is 0 Å². The molecule has 1 heterocycles. The number of aliphatic carboxylic acids is 1. The summed E-state index contributed by atoms with van der Waals surface area (Å²) in [5.74, 6) is -0.349. The average molecular weight is 228 g/mol. The van der Waals surface area contributed by atoms with Gasteiger partial charge in [0.2, 0.25) is 0 Å². The van der Waals surface area contributed by atoms with Gasteiger partial charge in [0.05, 0.1) is 13.2 Å². The lowest BCUT2D eigenvalue weighted by molar-refractivity contribution is -0.132. The van der Waals surface area contributed by atoms with Crippen LogP contribution in [-0.2, 0) is 9.53 Å². The normalized spacial score (nSPS) is 14.6. The van der Waals surface area contributed by atoms with Crippen molar-refractivity contribution in [2.24, 2.45) is 5.92 Å². The quantitative estimate of drug-likeness (QED) is 0.537. The van der Waals surface area contributed by atoms with Crippen LogP contribution in [0.1, 0.15) is 46.0 Å². The lowest BCUT2D eigenvalue weighted by atomic mass is 9.92. The zero-order valence-electron chi connectivity index (χ0n) is 10.5. The maximum atomic E-state index is 10.5. The molecule has 1 rings (SSSR count). The largest absolute Gasteiger partial charge is 0.478 e. The predicted octanol–water partition coefficient (Wildman–Crippen LogP) is 3.25. The lowest BCUT2D eigenvalue weighted by Gasteiger charge is -2.13. The first-order valence-electron chi connectivity index (χ1n) is 6.10. The number of carboxylic acid groups (broad SMARTS) is 1. The van der Waals surface area contributed by atoms with E-state index in [9.17, 15) is 4.79 Å². The molecule has 1 atom stereocenters. The number of carbonyl (C=O) groups is 1. The number of hydrogen-bond donors (Lipinski definition) is 1. The molecule has 0 radical (unpaired) electrons. The van der Waals surface area contributed by atoms with E-state index in [1.54, 1.807) is 0 Å². The van der Waals surface area contributed by atoms with Gasteiger partial charge in [-0.1, -0.05) is 46.1 Å². The van der Waals surface area contributed by atoms with Gasteiger partial charge in [0.25, 0.3) is 0 Å². The Labute approximate surface area is 98.5 Å². The molecule has 0 aromatic rings. The third-order valence-electron chi connectivity index (χ3n) is 2.58. The van der Waals surface area contributed by atoms with Gasteiger partial charge in [-0.05, 0) is 12.3 Å². The van der Waals surface area contributed by atoms with Crippen LogP contribution in [0, 0.1) is 5.92 Å². The van der Waals surface area contributed by atoms with Gasteiger partial charge < -0.3 is 9.84 Å². The van der Waals surface area contributed by atoms with E-state index >= 15 is 0 Å². The van der Waals surface area contributed by atoms with E-state index in [2.05, 4.69) is 25.2 Å². The Kier molecular flexibility index (Phi) is 8.91. The average Bonchev–Trinajstić information content (AvgIpc) is 3.10. The molecule has 1 fully saturated rings. The maximum Gasteiger partial charge on any atom is 0.330 e. The maximum absolute atomic E-state index is 10.5. The minimum atomic E-state index is -0.852. The van der Waals surface area contributed by atoms with E-state index in [-0.39, 0.29) is 0 Å². The van der Waals surface area contributed by atoms with Gasteiger partial charge in [-0.3, -0.25) is 0 Å². The van der Waals surface area contributed by atoms with Gasteiger partial charge in [0.15, 0.2) is 0 Å². The third kappa shape index (κ3) is 9.71. The monoisotopic (exact) mass is 228 g/mol. The molecule has 0 aromatic carbocycles. The first-order chi connectivity index (χ1) is 7.61. The Hall–Kier alpha value is -0.830. The summed E-state index contributed by atoms with van der Waals surface area (Å²) in [7, 11) is 0. The molecule has 0 amide bonds. The van der Waals surface area contributed by atoms with Crippen LogP contribution in [0.5, 0.6) is 0 Å². The molecule has 0 aliphatic carbocycles. The second-order valence-corrected chi connectivity index (χ2v) is 4.14. The number of unbranched alkanes of at least 4 members (excludes halogenated alkanes) is 1. The first-order valence-corrected chi connectivity index (χ1v) is 6.10. The van der Waals surface area contributed by atoms with E-state index < -0.39 is 5.97 Å². The number of ether oxygens (including phenoxy) is 1. The molecule has 16 heavy (non-hydrogen) atoms. The molecule has 1 N–H and O–H groups in total. The smallest absolute Gasteiger partial charge is 0.330 e. The summed E-state index contributed by atoms with van der Waals surface area (Å²) in [6.45, 7) is 9.81. The Balaban J connectivity index is 0.000000635. The molecule has 1 saturated heterocycles. The molecule has 0 aromatic heterocycles. The van der Waals surface area contributed by atoms with Crippen molar-refractivity contribution >= 4 is 5.97 Å². The summed E-state index contributed by atoms with van der Waals surface area (Å²) in [5, 5.41) is 8.65. The van der Waals surface area contributed by atoms with Crippen LogP contribution in [0.2, 0.25) is 0 Å². The zero-order chi connectivity index (χ0) is 12.4. The van der Waals surface area contributed by atoms with Gasteiger partial charge in [-0.25, -0.2) is 4.79 Å². The van der Waals surface area contributed by atoms with Crippen molar-refractivity contribution in [3.05, 3.63) is 12.2 Å². The molecular weight excluding hydrogens is 204 g/mol. The van der Waals surface area contributed by atoms with Crippen molar-refractivity contribution in [1.82, 2.24) is 0 Å². The summed E-state index contributed by atoms with van der Waals surface area (Å²) in [6.07, 6.45) is 5.18. The standard InChI is InChI=1S/C11H20O2.C2H4O/c1-4-6-7-10(5-2)8-9(3)11(12)13;1-2-3-1/h10H,3-8H2,1-2H3,(H,12,13);1-2H2. The van der Waals surface area contributed by atoms with Crippen LogP contribution in [0.4, 0.5) is 0 Å². The van der Waals surface area contributed by atoms with Crippen molar-refractivity contribution < 1.29 is 14.6 Å². The Morgan fingerprint density at radius 3 is 2.31 bits per heavy atom. The van der Waals surface area contributed by atoms with Crippen molar-refractivity contribution in [2.45, 2.75) is 46.0 Å². The fourth-order valence-electron chi connectivity index (χ4n) is 1.38. The molecule has 1 aliphatic rings. The van der Waals surface area contributed by atoms with Crippen LogP contribution in [-0.4, -0.2) is 24.3 Å². The number of hydrogen-bond acceptors (Lipinski definition) is 2. The Bertz CT molecular complexity index is 206. The predicted molar refractivity (Wildman–Crippen MR) is 65.5 cm³/mol. The van der Waals surface area contributed by atoms with Crippen molar-refractivity contribution in [1.29, 1.82) is 0 Å². The van der Waals surface area contributed by atoms with Crippen LogP contribution >= 0.6 is 0 Å². The van der Waals surface area contributed by atoms with E-state index in [0.717, 1.165) is 26.1 Å². The highest BCUT2D eigenvalue weighted by Crippen LogP contribution is 2.20. The molecule has 3 heteroatoms. The highest BCUT2D eigenvalue weighted by atomic mass is 16.6. The second-order valence-electron chi connectivity index (χ2n) is 4.14. The van der Waals surface area contributed by atoms with E-state index in [4.69, 9.17) is 5.11 Å². The van der Waals surface area contributed by atoms with Gasteiger partial charge >= 0.3 is 5.97 Å². The van der Waals surface area contributed by atoms with Gasteiger partial charge in [-0.2, -0.15) is 0 Å². The Morgan fingerprint density at radius 2 is 2.00 bits per heavy atom. The van der Waals surface area contributed by atoms with Crippen LogP contribution in [0.15, 0.2) is 12.2 Å². The van der Waals surface area contributed by atoms with Crippen molar-refractivity contribution in [2.75, 3.05) is 13.2 Å². The molecule has 0 saturated carbocycles. The fourth-order valence-corrected chi connectivity index (χ4v) is 1.38. The fraction of sp³-hybridized carbons (Fsp3) is 0.769. The highest BCUT2D eigenvalue weighted by Gasteiger charge is 2.11. The van der Waals surface area contributed by atoms with Gasteiger partial charge in [-0.15, -0.1) is 0 Å². The summed E-state index contributed by atoms with van der Waals surface area (Å²) in [6, 6.07) is 0. The lowest BCUT2D eigenvalue weighted by Crippen LogP contribution is -2.06. The highest BCUT2D eigenvalue weighted by molar-refractivity contribution is 5.85. The minimum Gasteiger partial charge on any atom is -0.478 e. The number of carboxylic acids is 1. The molecule has 1 aliphatic heterocycles. The summed E-state index contributed by atoms with van der Waals surface area (Å²) in [4.78, 5) is 10.5.